The monoisotopic (exact) mass is 207 g/mol. The van der Waals surface area contributed by atoms with Crippen molar-refractivity contribution in [2.45, 2.75) is 31.0 Å². The van der Waals surface area contributed by atoms with Gasteiger partial charge in [-0.1, -0.05) is 0 Å². The number of aliphatic hydroxyl groups is 5. The topological polar surface area (TPSA) is 110 Å². The van der Waals surface area contributed by atoms with Gasteiger partial charge in [-0.25, -0.2) is 0 Å². The molecule has 0 aromatic carbocycles. The van der Waals surface area contributed by atoms with E-state index in [-0.39, 0.29) is 6.90 Å². The van der Waals surface area contributed by atoms with Gasteiger partial charge in [0.05, 0.1) is 6.61 Å². The van der Waals surface area contributed by atoms with Crippen molar-refractivity contribution in [2.24, 2.45) is 0 Å². The Kier molecular flexibility index (Phi) is 2.71. The molecule has 1 unspecified atom stereocenters. The first-order valence-corrected chi connectivity index (χ1v) is 4.03. The Bertz CT molecular complexity index is 258. The number of aliphatic hydroxyl groups excluding tert-OH is 4. The van der Waals surface area contributed by atoms with Gasteiger partial charge in [-0.15, -0.1) is 0 Å². The number of ether oxygens (including phenoxy) is 1. The summed E-state index contributed by atoms with van der Waals surface area (Å²) >= 11 is 0. The minimum atomic E-state index is -2.46. The predicted octanol–water partition coefficient (Wildman–Crippen LogP) is -1.75. The van der Waals surface area contributed by atoms with Crippen molar-refractivity contribution >= 4 is 0 Å². The SMILES string of the molecule is [2H]CC=C(O)C1(O)OC[C@@H](O)[C@@H](O)[C@@H]1O. The molecule has 6 nitrogen and oxygen atoms in total. The fourth-order valence-electron chi connectivity index (χ4n) is 1.21. The second kappa shape index (κ2) is 3.84. The van der Waals surface area contributed by atoms with E-state index in [1.807, 2.05) is 0 Å². The van der Waals surface area contributed by atoms with Crippen molar-refractivity contribution in [1.29, 1.82) is 0 Å². The van der Waals surface area contributed by atoms with E-state index in [0.717, 1.165) is 6.08 Å². The Balaban J connectivity index is 2.89. The van der Waals surface area contributed by atoms with Gasteiger partial charge < -0.3 is 30.3 Å². The van der Waals surface area contributed by atoms with Crippen LogP contribution in [0.4, 0.5) is 0 Å². The first kappa shape index (κ1) is 9.88. The van der Waals surface area contributed by atoms with Crippen molar-refractivity contribution < 1.29 is 31.6 Å². The first-order chi connectivity index (χ1) is 6.93. The zero-order valence-electron chi connectivity index (χ0n) is 8.37. The maximum Gasteiger partial charge on any atom is 0.254 e. The quantitative estimate of drug-likeness (QED) is 0.326. The molecule has 1 aliphatic heterocycles. The standard InChI is InChI=1S/C8H14O6/c1-2-5(10)8(13)7(12)6(11)4(9)3-14-8/h2,4,6-7,9-13H,3H2,1H3/t4-,6-,7+,8?/m1/s1/i1D. The van der Waals surface area contributed by atoms with Crippen LogP contribution in [0.1, 0.15) is 8.27 Å². The lowest BCUT2D eigenvalue weighted by Crippen LogP contribution is -2.61. The minimum Gasteiger partial charge on any atom is -0.507 e. The predicted molar refractivity (Wildman–Crippen MR) is 45.3 cm³/mol. The van der Waals surface area contributed by atoms with Crippen LogP contribution in [-0.2, 0) is 4.74 Å². The van der Waals surface area contributed by atoms with Crippen molar-refractivity contribution in [3.8, 4) is 0 Å². The van der Waals surface area contributed by atoms with E-state index in [1.54, 1.807) is 0 Å². The third kappa shape index (κ3) is 1.62. The zero-order chi connectivity index (χ0) is 11.6. The van der Waals surface area contributed by atoms with Gasteiger partial charge in [0.2, 0.25) is 0 Å². The lowest BCUT2D eigenvalue weighted by molar-refractivity contribution is -0.312. The van der Waals surface area contributed by atoms with Crippen LogP contribution in [0.5, 0.6) is 0 Å². The maximum atomic E-state index is 9.68. The highest BCUT2D eigenvalue weighted by Gasteiger charge is 2.51. The average molecular weight is 207 g/mol. The molecule has 5 N–H and O–H groups in total. The molecule has 0 spiro atoms. The van der Waals surface area contributed by atoms with Gasteiger partial charge in [0.25, 0.3) is 5.79 Å². The van der Waals surface area contributed by atoms with Crippen LogP contribution in [0.2, 0.25) is 0 Å². The second-order valence-electron chi connectivity index (χ2n) is 3.10. The molecule has 0 aromatic heterocycles. The number of hydrogen-bond acceptors (Lipinski definition) is 6. The largest absolute Gasteiger partial charge is 0.507 e. The summed E-state index contributed by atoms with van der Waals surface area (Å²) in [4.78, 5) is 0. The van der Waals surface area contributed by atoms with Crippen LogP contribution < -0.4 is 0 Å². The Morgan fingerprint density at radius 3 is 2.79 bits per heavy atom. The summed E-state index contributed by atoms with van der Waals surface area (Å²) in [6.07, 6.45) is -3.90. The summed E-state index contributed by atoms with van der Waals surface area (Å²) in [6.45, 7) is -0.743. The highest BCUT2D eigenvalue weighted by molar-refractivity contribution is 5.10. The molecule has 4 atom stereocenters. The van der Waals surface area contributed by atoms with Gasteiger partial charge >= 0.3 is 0 Å². The minimum absolute atomic E-state index is 0.317. The van der Waals surface area contributed by atoms with E-state index >= 15 is 0 Å². The molecule has 82 valence electrons. The molecule has 6 heteroatoms. The van der Waals surface area contributed by atoms with E-state index in [0.29, 0.717) is 0 Å². The number of hydrogen-bond donors (Lipinski definition) is 5. The summed E-state index contributed by atoms with van der Waals surface area (Å²) in [6, 6.07) is 0. The highest BCUT2D eigenvalue weighted by atomic mass is 16.7. The molecule has 0 amide bonds. The average Bonchev–Trinajstić information content (AvgIpc) is 2.21. The smallest absolute Gasteiger partial charge is 0.254 e. The van der Waals surface area contributed by atoms with Gasteiger partial charge in [-0.05, 0) is 13.0 Å². The van der Waals surface area contributed by atoms with Gasteiger partial charge in [-0.3, -0.25) is 0 Å². The highest BCUT2D eigenvalue weighted by Crippen LogP contribution is 2.28. The molecule has 0 radical (unpaired) electrons. The molecule has 1 rings (SSSR count). The summed E-state index contributed by atoms with van der Waals surface area (Å²) in [5.74, 6) is -3.21. The van der Waals surface area contributed by atoms with E-state index in [4.69, 9.17) is 6.48 Å². The summed E-state index contributed by atoms with van der Waals surface area (Å²) in [7, 11) is 0. The zero-order valence-corrected chi connectivity index (χ0v) is 7.37. The van der Waals surface area contributed by atoms with Crippen molar-refractivity contribution in [1.82, 2.24) is 0 Å². The van der Waals surface area contributed by atoms with Gasteiger partial charge in [-0.2, -0.15) is 0 Å². The molecule has 1 saturated heterocycles. The number of allylic oxidation sites excluding steroid dienone is 1. The van der Waals surface area contributed by atoms with Crippen LogP contribution in [0.25, 0.3) is 0 Å². The van der Waals surface area contributed by atoms with Crippen LogP contribution in [0.3, 0.4) is 0 Å². The van der Waals surface area contributed by atoms with E-state index < -0.39 is 36.5 Å². The van der Waals surface area contributed by atoms with Crippen LogP contribution in [0.15, 0.2) is 11.8 Å². The molecule has 0 aliphatic carbocycles. The van der Waals surface area contributed by atoms with E-state index in [9.17, 15) is 20.4 Å². The van der Waals surface area contributed by atoms with Crippen molar-refractivity contribution in [3.63, 3.8) is 0 Å². The Morgan fingerprint density at radius 1 is 1.57 bits per heavy atom. The molecule has 1 heterocycles. The molecule has 1 aliphatic rings. The lowest BCUT2D eigenvalue weighted by Gasteiger charge is -2.40. The molecule has 0 saturated carbocycles. The van der Waals surface area contributed by atoms with Gasteiger partial charge in [0, 0.05) is 1.37 Å². The summed E-state index contributed by atoms with van der Waals surface area (Å²) < 4.78 is 11.5. The summed E-state index contributed by atoms with van der Waals surface area (Å²) in [5.41, 5.74) is 0. The van der Waals surface area contributed by atoms with Crippen LogP contribution in [-0.4, -0.2) is 56.2 Å². The van der Waals surface area contributed by atoms with Crippen molar-refractivity contribution in [3.05, 3.63) is 11.8 Å². The second-order valence-corrected chi connectivity index (χ2v) is 3.10. The Hall–Kier alpha value is -0.660. The molecule has 0 aromatic rings. The normalized spacial score (nSPS) is 46.1. The molecule has 1 fully saturated rings. The molecular formula is C8H14O6. The van der Waals surface area contributed by atoms with Crippen molar-refractivity contribution in [2.75, 3.05) is 6.61 Å². The van der Waals surface area contributed by atoms with E-state index in [2.05, 4.69) is 4.74 Å². The number of rotatable bonds is 1. The molecule has 0 bridgehead atoms. The third-order valence-corrected chi connectivity index (χ3v) is 2.15. The maximum absolute atomic E-state index is 9.68. The third-order valence-electron chi connectivity index (χ3n) is 2.15. The summed E-state index contributed by atoms with van der Waals surface area (Å²) in [5, 5.41) is 46.8. The van der Waals surface area contributed by atoms with E-state index in [1.165, 1.54) is 0 Å². The molecule has 14 heavy (non-hydrogen) atoms. The first-order valence-electron chi connectivity index (χ1n) is 4.73. The fraction of sp³-hybridized carbons (Fsp3) is 0.750. The van der Waals surface area contributed by atoms with Crippen LogP contribution >= 0.6 is 0 Å². The van der Waals surface area contributed by atoms with Gasteiger partial charge in [0.15, 0.2) is 5.76 Å². The Morgan fingerprint density at radius 2 is 2.21 bits per heavy atom. The Labute approximate surface area is 82.1 Å². The van der Waals surface area contributed by atoms with Gasteiger partial charge in [0.1, 0.15) is 18.3 Å². The van der Waals surface area contributed by atoms with Crippen LogP contribution in [0, 0.1) is 0 Å². The lowest BCUT2D eigenvalue weighted by atomic mass is 9.95. The fourth-order valence-corrected chi connectivity index (χ4v) is 1.21. The molecular weight excluding hydrogens is 192 g/mol.